The molecule has 0 aliphatic carbocycles. The number of nitrogens with zero attached hydrogens (tertiary/aromatic N) is 3. The first-order chi connectivity index (χ1) is 16.1. The largest absolute Gasteiger partial charge is 0.383 e. The van der Waals surface area contributed by atoms with Crippen LogP contribution in [0.2, 0.25) is 5.02 Å². The Hall–Kier alpha value is -1.39. The van der Waals surface area contributed by atoms with Gasteiger partial charge in [-0.15, -0.1) is 11.6 Å². The van der Waals surface area contributed by atoms with Gasteiger partial charge in [0.25, 0.3) is 0 Å². The van der Waals surface area contributed by atoms with E-state index < -0.39 is 15.4 Å². The van der Waals surface area contributed by atoms with E-state index in [4.69, 9.17) is 27.9 Å². The highest BCUT2D eigenvalue weighted by Gasteiger charge is 2.33. The number of hydrogen-bond acceptors (Lipinski definition) is 5. The molecule has 0 saturated carbocycles. The lowest BCUT2D eigenvalue weighted by molar-refractivity contribution is -0.137. The first kappa shape index (κ1) is 28.8. The van der Waals surface area contributed by atoms with E-state index in [1.807, 2.05) is 12.1 Å². The fraction of sp³-hybridized carbons (Fsp3) is 0.652. The molecule has 1 aromatic carbocycles. The lowest BCUT2D eigenvalue weighted by Crippen LogP contribution is -2.52. The van der Waals surface area contributed by atoms with Crippen molar-refractivity contribution in [2.75, 3.05) is 45.6 Å². The second-order valence-corrected chi connectivity index (χ2v) is 11.6. The Balaban J connectivity index is 2.23. The van der Waals surface area contributed by atoms with Crippen LogP contribution in [0, 0.1) is 0 Å². The van der Waals surface area contributed by atoms with E-state index in [0.29, 0.717) is 43.9 Å². The van der Waals surface area contributed by atoms with Crippen LogP contribution in [0.3, 0.4) is 0 Å². The Labute approximate surface area is 213 Å². The highest BCUT2D eigenvalue weighted by Crippen LogP contribution is 2.22. The van der Waals surface area contributed by atoms with Crippen molar-refractivity contribution in [3.05, 3.63) is 34.9 Å². The van der Waals surface area contributed by atoms with Crippen molar-refractivity contribution < 1.29 is 22.7 Å². The number of sulfonamides is 1. The third kappa shape index (κ3) is 8.37. The number of methoxy groups -OCH3 is 1. The molecule has 192 valence electrons. The molecular weight excluding hydrogens is 501 g/mol. The molecule has 34 heavy (non-hydrogen) atoms. The van der Waals surface area contributed by atoms with Crippen molar-refractivity contribution in [1.29, 1.82) is 0 Å². The van der Waals surface area contributed by atoms with E-state index in [1.165, 1.54) is 11.4 Å². The van der Waals surface area contributed by atoms with Crippen molar-refractivity contribution in [3.8, 4) is 0 Å². The van der Waals surface area contributed by atoms with Gasteiger partial charge in [0.2, 0.25) is 21.8 Å². The molecule has 1 heterocycles. The molecule has 8 nitrogen and oxygen atoms in total. The summed E-state index contributed by atoms with van der Waals surface area (Å²) in [6, 6.07) is 7.11. The van der Waals surface area contributed by atoms with E-state index in [2.05, 4.69) is 0 Å². The molecule has 1 aliphatic heterocycles. The number of hydrogen-bond donors (Lipinski definition) is 0. The van der Waals surface area contributed by atoms with Gasteiger partial charge < -0.3 is 14.5 Å². The quantitative estimate of drug-likeness (QED) is 0.384. The zero-order chi connectivity index (χ0) is 25.3. The number of halogens is 2. The van der Waals surface area contributed by atoms with E-state index in [9.17, 15) is 18.0 Å². The van der Waals surface area contributed by atoms with Crippen molar-refractivity contribution >= 4 is 45.0 Å². The summed E-state index contributed by atoms with van der Waals surface area (Å²) < 4.78 is 31.8. The maximum atomic E-state index is 13.5. The van der Waals surface area contributed by atoms with Crippen molar-refractivity contribution in [1.82, 2.24) is 14.1 Å². The van der Waals surface area contributed by atoms with E-state index in [0.717, 1.165) is 5.56 Å². The minimum absolute atomic E-state index is 0.0295. The second kappa shape index (κ2) is 13.6. The molecule has 0 bridgehead atoms. The number of likely N-dealkylation sites (tertiary alicyclic amines) is 1. The lowest BCUT2D eigenvalue weighted by Gasteiger charge is -2.39. The summed E-state index contributed by atoms with van der Waals surface area (Å²) in [4.78, 5) is 29.2. The van der Waals surface area contributed by atoms with Crippen LogP contribution in [0.5, 0.6) is 0 Å². The molecule has 0 spiro atoms. The van der Waals surface area contributed by atoms with Gasteiger partial charge in [0.15, 0.2) is 0 Å². The number of carbonyl (C=O) groups is 2. The highest BCUT2D eigenvalue weighted by atomic mass is 35.5. The Morgan fingerprint density at radius 1 is 1.21 bits per heavy atom. The van der Waals surface area contributed by atoms with Gasteiger partial charge in [0.05, 0.1) is 18.9 Å². The van der Waals surface area contributed by atoms with E-state index in [1.54, 1.807) is 35.8 Å². The molecule has 0 unspecified atom stereocenters. The standard InChI is InChI=1S/C23H35Cl2N3O5S/c1-4-15-34(31,32)27(13-14-33-3)17-22(29)28(16-19-5-7-20(25)8-6-19)21-9-11-26(12-10-21)23(30)18(2)24/h5-8,18,21H,4,9-17H2,1-3H3/t18-/m1/s1. The second-order valence-electron chi connectivity index (χ2n) is 8.46. The fourth-order valence-electron chi connectivity index (χ4n) is 4.00. The lowest BCUT2D eigenvalue weighted by atomic mass is 10.0. The zero-order valence-electron chi connectivity index (χ0n) is 20.1. The predicted molar refractivity (Wildman–Crippen MR) is 134 cm³/mol. The predicted octanol–water partition coefficient (Wildman–Crippen LogP) is 2.98. The summed E-state index contributed by atoms with van der Waals surface area (Å²) in [5, 5.41) is 0.00140. The Kier molecular flexibility index (Phi) is 11.6. The van der Waals surface area contributed by atoms with Crippen LogP contribution < -0.4 is 0 Å². The van der Waals surface area contributed by atoms with Crippen molar-refractivity contribution in [3.63, 3.8) is 0 Å². The first-order valence-corrected chi connectivity index (χ1v) is 13.9. The van der Waals surface area contributed by atoms with Crippen LogP contribution in [0.15, 0.2) is 24.3 Å². The third-order valence-corrected chi connectivity index (χ3v) is 8.32. The Morgan fingerprint density at radius 3 is 2.35 bits per heavy atom. The molecule has 1 atom stereocenters. The van der Waals surface area contributed by atoms with E-state index >= 15 is 0 Å². The molecule has 1 aliphatic rings. The third-order valence-electron chi connectivity index (χ3n) is 5.86. The minimum Gasteiger partial charge on any atom is -0.383 e. The normalized spacial score (nSPS) is 16.0. The SMILES string of the molecule is CCCS(=O)(=O)N(CCOC)CC(=O)N(Cc1ccc(Cl)cc1)C1CCN(C(=O)[C@@H](C)Cl)CC1. The van der Waals surface area contributed by atoms with Crippen molar-refractivity contribution in [2.24, 2.45) is 0 Å². The van der Waals surface area contributed by atoms with Gasteiger partial charge in [-0.05, 0) is 43.9 Å². The molecule has 0 aromatic heterocycles. The molecule has 0 radical (unpaired) electrons. The van der Waals surface area contributed by atoms with Gasteiger partial charge in [-0.3, -0.25) is 9.59 Å². The summed E-state index contributed by atoms with van der Waals surface area (Å²) in [6.07, 6.45) is 1.64. The van der Waals surface area contributed by atoms with Gasteiger partial charge in [-0.1, -0.05) is 30.7 Å². The van der Waals surface area contributed by atoms with Crippen LogP contribution in [-0.2, 0) is 30.9 Å². The number of piperidine rings is 1. The van der Waals surface area contributed by atoms with Crippen LogP contribution in [0.25, 0.3) is 0 Å². The monoisotopic (exact) mass is 535 g/mol. The topological polar surface area (TPSA) is 87.2 Å². The van der Waals surface area contributed by atoms with Crippen LogP contribution in [0.4, 0.5) is 0 Å². The van der Waals surface area contributed by atoms with Gasteiger partial charge in [-0.25, -0.2) is 8.42 Å². The van der Waals surface area contributed by atoms with E-state index in [-0.39, 0.29) is 43.3 Å². The number of rotatable bonds is 12. The summed E-state index contributed by atoms with van der Waals surface area (Å²) in [5.74, 6) is -0.425. The molecule has 1 fully saturated rings. The molecule has 1 saturated heterocycles. The summed E-state index contributed by atoms with van der Waals surface area (Å²) in [5.41, 5.74) is 0.894. The maximum absolute atomic E-state index is 13.5. The van der Waals surface area contributed by atoms with Gasteiger partial charge in [0.1, 0.15) is 5.38 Å². The number of benzene rings is 1. The Morgan fingerprint density at radius 2 is 1.82 bits per heavy atom. The number of carbonyl (C=O) groups excluding carboxylic acids is 2. The maximum Gasteiger partial charge on any atom is 0.240 e. The van der Waals surface area contributed by atoms with Crippen LogP contribution >= 0.6 is 23.2 Å². The first-order valence-electron chi connectivity index (χ1n) is 11.5. The number of alkyl halides is 1. The van der Waals surface area contributed by atoms with Crippen LogP contribution in [-0.4, -0.2) is 91.4 Å². The van der Waals surface area contributed by atoms with Gasteiger partial charge in [-0.2, -0.15) is 4.31 Å². The fourth-order valence-corrected chi connectivity index (χ4v) is 5.69. The van der Waals surface area contributed by atoms with Crippen LogP contribution in [0.1, 0.15) is 38.7 Å². The van der Waals surface area contributed by atoms with Gasteiger partial charge >= 0.3 is 0 Å². The number of amides is 2. The summed E-state index contributed by atoms with van der Waals surface area (Å²) in [6.45, 7) is 4.81. The average Bonchev–Trinajstić information content (AvgIpc) is 2.80. The molecular formula is C23H35Cl2N3O5S. The smallest absolute Gasteiger partial charge is 0.240 e. The molecule has 2 amide bonds. The van der Waals surface area contributed by atoms with Gasteiger partial charge in [0, 0.05) is 44.4 Å². The summed E-state index contributed by atoms with van der Waals surface area (Å²) in [7, 11) is -2.10. The highest BCUT2D eigenvalue weighted by molar-refractivity contribution is 7.89. The number of ether oxygens (including phenoxy) is 1. The molecule has 2 rings (SSSR count). The average molecular weight is 537 g/mol. The molecule has 1 aromatic rings. The molecule has 0 N–H and O–H groups in total. The molecule has 11 heteroatoms. The summed E-state index contributed by atoms with van der Waals surface area (Å²) >= 11 is 12.0. The van der Waals surface area contributed by atoms with Crippen molar-refractivity contribution in [2.45, 2.75) is 51.1 Å². The zero-order valence-corrected chi connectivity index (χ0v) is 22.4. The minimum atomic E-state index is -3.59. The Bertz CT molecular complexity index is 904.